The van der Waals surface area contributed by atoms with Crippen molar-refractivity contribution in [2.75, 3.05) is 7.11 Å². The van der Waals surface area contributed by atoms with Crippen LogP contribution in [0.25, 0.3) is 12.2 Å². The molecule has 1 aromatic heterocycles. The van der Waals surface area contributed by atoms with Crippen molar-refractivity contribution in [2.24, 2.45) is 0 Å². The maximum atomic E-state index is 6.13. The van der Waals surface area contributed by atoms with Gasteiger partial charge in [-0.2, -0.15) is 0 Å². The van der Waals surface area contributed by atoms with Crippen LogP contribution in [-0.2, 0) is 10.8 Å². The van der Waals surface area contributed by atoms with Crippen LogP contribution >= 0.6 is 0 Å². The summed E-state index contributed by atoms with van der Waals surface area (Å²) < 4.78 is 11.3. The highest BCUT2D eigenvalue weighted by Gasteiger charge is 2.30. The van der Waals surface area contributed by atoms with E-state index in [-0.39, 0.29) is 10.8 Å². The van der Waals surface area contributed by atoms with E-state index in [1.807, 2.05) is 30.3 Å². The molecule has 128 valence electrons. The fourth-order valence-electron chi connectivity index (χ4n) is 2.30. The summed E-state index contributed by atoms with van der Waals surface area (Å²) in [7, 11) is 1.68. The molecular formula is C22H29O2+. The van der Waals surface area contributed by atoms with E-state index in [1.54, 1.807) is 7.11 Å². The van der Waals surface area contributed by atoms with E-state index in [9.17, 15) is 0 Å². The summed E-state index contributed by atoms with van der Waals surface area (Å²) in [6, 6.07) is 12.3. The van der Waals surface area contributed by atoms with Gasteiger partial charge in [0.05, 0.1) is 12.5 Å². The summed E-state index contributed by atoms with van der Waals surface area (Å²) in [6.45, 7) is 13.2. The first kappa shape index (κ1) is 18.3. The Bertz CT molecular complexity index is 679. The molecule has 0 spiro atoms. The van der Waals surface area contributed by atoms with Crippen LogP contribution in [0.15, 0.2) is 40.8 Å². The van der Waals surface area contributed by atoms with Gasteiger partial charge in [-0.25, -0.2) is 4.42 Å². The van der Waals surface area contributed by atoms with Crippen molar-refractivity contribution in [1.29, 1.82) is 0 Å². The summed E-state index contributed by atoms with van der Waals surface area (Å²) >= 11 is 0. The van der Waals surface area contributed by atoms with Gasteiger partial charge in [-0.05, 0) is 55.5 Å². The molecule has 1 heterocycles. The minimum absolute atomic E-state index is 0.0238. The molecule has 2 nitrogen and oxygen atoms in total. The monoisotopic (exact) mass is 325 g/mol. The average Bonchev–Trinajstić information content (AvgIpc) is 2.51. The number of hydrogen-bond acceptors (Lipinski definition) is 1. The van der Waals surface area contributed by atoms with Gasteiger partial charge < -0.3 is 4.74 Å². The van der Waals surface area contributed by atoms with E-state index in [0.717, 1.165) is 22.8 Å². The third kappa shape index (κ3) is 4.70. The molecule has 0 N–H and O–H groups in total. The number of rotatable bonds is 3. The first-order valence-electron chi connectivity index (χ1n) is 8.41. The topological polar surface area (TPSA) is 20.5 Å². The fraction of sp³-hybridized carbons (Fsp3) is 0.409. The van der Waals surface area contributed by atoms with Gasteiger partial charge >= 0.3 is 11.5 Å². The normalized spacial score (nSPS) is 12.6. The zero-order valence-corrected chi connectivity index (χ0v) is 15.9. The van der Waals surface area contributed by atoms with Crippen LogP contribution in [0.1, 0.15) is 64.2 Å². The van der Waals surface area contributed by atoms with Gasteiger partial charge in [0.15, 0.2) is 0 Å². The van der Waals surface area contributed by atoms with E-state index in [0.29, 0.717) is 0 Å². The lowest BCUT2D eigenvalue weighted by molar-refractivity contribution is 0.387. The van der Waals surface area contributed by atoms with Gasteiger partial charge in [-0.1, -0.05) is 32.9 Å². The number of ether oxygens (including phenoxy) is 1. The molecule has 1 aromatic carbocycles. The zero-order valence-electron chi connectivity index (χ0n) is 15.9. The Kier molecular flexibility index (Phi) is 5.17. The summed E-state index contributed by atoms with van der Waals surface area (Å²) in [5, 5.41) is 0. The molecule has 24 heavy (non-hydrogen) atoms. The van der Waals surface area contributed by atoms with E-state index >= 15 is 0 Å². The number of benzene rings is 1. The first-order valence-corrected chi connectivity index (χ1v) is 8.41. The highest BCUT2D eigenvalue weighted by molar-refractivity contribution is 5.68. The minimum Gasteiger partial charge on any atom is -0.497 e. The number of hydrogen-bond donors (Lipinski definition) is 0. The smallest absolute Gasteiger partial charge is 0.353 e. The largest absolute Gasteiger partial charge is 0.497 e. The van der Waals surface area contributed by atoms with Gasteiger partial charge in [-0.15, -0.1) is 0 Å². The van der Waals surface area contributed by atoms with Crippen LogP contribution in [0.5, 0.6) is 5.75 Å². The third-order valence-electron chi connectivity index (χ3n) is 3.97. The quantitative estimate of drug-likeness (QED) is 0.614. The molecule has 0 radical (unpaired) electrons. The van der Waals surface area contributed by atoms with E-state index in [1.165, 1.54) is 5.56 Å². The van der Waals surface area contributed by atoms with Crippen LogP contribution in [0.4, 0.5) is 0 Å². The van der Waals surface area contributed by atoms with Crippen molar-refractivity contribution in [3.8, 4) is 5.75 Å². The molecular weight excluding hydrogens is 296 g/mol. The van der Waals surface area contributed by atoms with E-state index in [2.05, 4.69) is 59.8 Å². The van der Waals surface area contributed by atoms with Gasteiger partial charge in [0.1, 0.15) is 5.75 Å². The first-order chi connectivity index (χ1) is 11.1. The Morgan fingerprint density at radius 2 is 1.46 bits per heavy atom. The van der Waals surface area contributed by atoms with Crippen molar-refractivity contribution in [3.05, 3.63) is 59.0 Å². The van der Waals surface area contributed by atoms with E-state index < -0.39 is 0 Å². The molecule has 0 aliphatic heterocycles. The molecule has 0 saturated carbocycles. The van der Waals surface area contributed by atoms with Gasteiger partial charge in [0.25, 0.3) is 0 Å². The standard InChI is InChI=1S/C22H29O2/c1-21(2,3)17-14-19(24-20(15-17)22(4,5)6)13-10-16-8-11-18(23-7)12-9-16/h8-15H,1-7H3/q+1/b13-10+. The summed E-state index contributed by atoms with van der Waals surface area (Å²) in [4.78, 5) is 0. The summed E-state index contributed by atoms with van der Waals surface area (Å²) in [6.07, 6.45) is 4.10. The molecule has 2 rings (SSSR count). The Morgan fingerprint density at radius 3 is 1.96 bits per heavy atom. The van der Waals surface area contributed by atoms with Crippen LogP contribution in [0.2, 0.25) is 0 Å². The highest BCUT2D eigenvalue weighted by Crippen LogP contribution is 2.31. The van der Waals surface area contributed by atoms with E-state index in [4.69, 9.17) is 9.15 Å². The molecule has 2 aromatic rings. The molecule has 0 bridgehead atoms. The Hall–Kier alpha value is -2.09. The third-order valence-corrected chi connectivity index (χ3v) is 3.97. The highest BCUT2D eigenvalue weighted by atomic mass is 16.5. The predicted octanol–water partition coefficient (Wildman–Crippen LogP) is 6.33. The molecule has 0 amide bonds. The fourth-order valence-corrected chi connectivity index (χ4v) is 2.30. The van der Waals surface area contributed by atoms with Crippen molar-refractivity contribution in [1.82, 2.24) is 0 Å². The van der Waals surface area contributed by atoms with Crippen molar-refractivity contribution >= 4 is 12.2 Å². The Morgan fingerprint density at radius 1 is 0.833 bits per heavy atom. The lowest BCUT2D eigenvalue weighted by Crippen LogP contribution is -2.16. The van der Waals surface area contributed by atoms with Gasteiger partial charge in [0.2, 0.25) is 0 Å². The number of methoxy groups -OCH3 is 1. The Labute approximate surface area is 146 Å². The second-order valence-corrected chi connectivity index (χ2v) is 8.22. The van der Waals surface area contributed by atoms with Crippen LogP contribution in [0.3, 0.4) is 0 Å². The average molecular weight is 325 g/mol. The lowest BCUT2D eigenvalue weighted by atomic mass is 9.84. The molecule has 0 unspecified atom stereocenters. The SMILES string of the molecule is COc1ccc(/C=C/c2cc(C(C)(C)C)cc(C(C)(C)C)[o+]2)cc1. The molecule has 0 saturated heterocycles. The molecule has 0 fully saturated rings. The second kappa shape index (κ2) is 6.80. The van der Waals surface area contributed by atoms with Crippen molar-refractivity contribution in [2.45, 2.75) is 52.4 Å². The van der Waals surface area contributed by atoms with Crippen LogP contribution in [-0.4, -0.2) is 7.11 Å². The molecule has 0 atom stereocenters. The van der Waals surface area contributed by atoms with Gasteiger partial charge in [0, 0.05) is 18.2 Å². The molecule has 2 heteroatoms. The van der Waals surface area contributed by atoms with Crippen LogP contribution < -0.4 is 4.74 Å². The summed E-state index contributed by atoms with van der Waals surface area (Å²) in [5.74, 6) is 2.74. The van der Waals surface area contributed by atoms with Crippen LogP contribution in [0, 0.1) is 0 Å². The van der Waals surface area contributed by atoms with Crippen molar-refractivity contribution < 1.29 is 9.15 Å². The summed E-state index contributed by atoms with van der Waals surface area (Å²) in [5.41, 5.74) is 2.46. The maximum absolute atomic E-state index is 6.13. The molecule has 0 aliphatic carbocycles. The van der Waals surface area contributed by atoms with Crippen molar-refractivity contribution in [3.63, 3.8) is 0 Å². The van der Waals surface area contributed by atoms with Gasteiger partial charge in [-0.3, -0.25) is 0 Å². The lowest BCUT2D eigenvalue weighted by Gasteiger charge is -2.19. The predicted molar refractivity (Wildman–Crippen MR) is 102 cm³/mol. The maximum Gasteiger partial charge on any atom is 0.353 e. The minimum atomic E-state index is -0.0238. The Balaban J connectivity index is 2.39. The molecule has 0 aliphatic rings. The zero-order chi connectivity index (χ0) is 18.0. The second-order valence-electron chi connectivity index (χ2n) is 8.22.